The van der Waals surface area contributed by atoms with Crippen molar-refractivity contribution in [1.82, 2.24) is 0 Å². The van der Waals surface area contributed by atoms with Crippen molar-refractivity contribution < 1.29 is 9.53 Å². The second-order valence-electron chi connectivity index (χ2n) is 8.00. The lowest BCUT2D eigenvalue weighted by Gasteiger charge is -2.43. The first kappa shape index (κ1) is 20.4. The summed E-state index contributed by atoms with van der Waals surface area (Å²) < 4.78 is 6.66. The first-order chi connectivity index (χ1) is 14.9. The van der Waals surface area contributed by atoms with Gasteiger partial charge in [-0.2, -0.15) is 0 Å². The van der Waals surface area contributed by atoms with E-state index in [1.54, 1.807) is 20.7 Å². The van der Waals surface area contributed by atoms with E-state index in [-0.39, 0.29) is 5.91 Å². The van der Waals surface area contributed by atoms with Gasteiger partial charge < -0.3 is 4.74 Å². The summed E-state index contributed by atoms with van der Waals surface area (Å²) in [5, 5.41) is 2.01. The standard InChI is InChI=1S/C25H21NO2S3/c1-4-28-16-12-13-19-20(14-16)26(25(2,3)22-21(19)24(29)31-30-22)23(27)18-11-7-9-15-8-5-6-10-17(15)18/h5-14H,4H2,1-3H3. The molecule has 3 nitrogen and oxygen atoms in total. The average Bonchev–Trinajstić information content (AvgIpc) is 3.16. The fourth-order valence-corrected chi connectivity index (χ4v) is 7.64. The summed E-state index contributed by atoms with van der Waals surface area (Å²) in [4.78, 5) is 17.2. The van der Waals surface area contributed by atoms with Gasteiger partial charge in [-0.3, -0.25) is 9.69 Å². The SMILES string of the molecule is CCOc1ccc2c(c1)N(C(=O)c1cccc3ccccc13)C(C)(C)c1ssc(=S)c1-2. The summed E-state index contributed by atoms with van der Waals surface area (Å²) in [6, 6.07) is 19.9. The predicted molar refractivity (Wildman–Crippen MR) is 133 cm³/mol. The van der Waals surface area contributed by atoms with Crippen molar-refractivity contribution in [2.24, 2.45) is 0 Å². The normalized spacial score (nSPS) is 14.2. The van der Waals surface area contributed by atoms with Crippen LogP contribution in [0.2, 0.25) is 0 Å². The first-order valence-corrected chi connectivity index (χ1v) is 12.7. The highest BCUT2D eigenvalue weighted by molar-refractivity contribution is 7.80. The Bertz CT molecular complexity index is 1380. The Morgan fingerprint density at radius 2 is 1.84 bits per heavy atom. The first-order valence-electron chi connectivity index (χ1n) is 10.2. The molecule has 1 amide bonds. The molecule has 6 heteroatoms. The molecule has 1 aliphatic rings. The van der Waals surface area contributed by atoms with Crippen LogP contribution < -0.4 is 9.64 Å². The second kappa shape index (κ2) is 7.55. The fraction of sp³-hybridized carbons (Fsp3) is 0.200. The Labute approximate surface area is 193 Å². The van der Waals surface area contributed by atoms with Crippen LogP contribution in [-0.2, 0) is 5.54 Å². The highest BCUT2D eigenvalue weighted by Crippen LogP contribution is 2.53. The summed E-state index contributed by atoms with van der Waals surface area (Å²) in [5.41, 5.74) is 3.07. The molecule has 1 aromatic heterocycles. The Kier molecular flexibility index (Phi) is 4.96. The van der Waals surface area contributed by atoms with Crippen molar-refractivity contribution in [1.29, 1.82) is 0 Å². The highest BCUT2D eigenvalue weighted by Gasteiger charge is 2.43. The molecule has 31 heavy (non-hydrogen) atoms. The van der Waals surface area contributed by atoms with Gasteiger partial charge in [0.2, 0.25) is 0 Å². The molecule has 0 fully saturated rings. The average molecular weight is 464 g/mol. The van der Waals surface area contributed by atoms with Crippen molar-refractivity contribution in [3.8, 4) is 16.9 Å². The number of rotatable bonds is 3. The summed E-state index contributed by atoms with van der Waals surface area (Å²) in [6.07, 6.45) is 0. The minimum Gasteiger partial charge on any atom is -0.494 e. The van der Waals surface area contributed by atoms with E-state index in [9.17, 15) is 4.79 Å². The lowest BCUT2D eigenvalue weighted by molar-refractivity contribution is 0.0963. The number of fused-ring (bicyclic) bond motifs is 4. The molecule has 0 aliphatic carbocycles. The summed E-state index contributed by atoms with van der Waals surface area (Å²) in [6.45, 7) is 6.73. The predicted octanol–water partition coefficient (Wildman–Crippen LogP) is 7.65. The third-order valence-electron chi connectivity index (χ3n) is 5.76. The van der Waals surface area contributed by atoms with Gasteiger partial charge in [0.15, 0.2) is 0 Å². The molecule has 0 saturated carbocycles. The van der Waals surface area contributed by atoms with Gasteiger partial charge in [-0.1, -0.05) is 69.3 Å². The van der Waals surface area contributed by atoms with E-state index >= 15 is 0 Å². The van der Waals surface area contributed by atoms with Gasteiger partial charge in [0.25, 0.3) is 5.91 Å². The van der Waals surface area contributed by atoms with Crippen LogP contribution in [0.3, 0.4) is 0 Å². The van der Waals surface area contributed by atoms with Crippen LogP contribution in [-0.4, -0.2) is 12.5 Å². The van der Waals surface area contributed by atoms with Crippen molar-refractivity contribution in [3.05, 3.63) is 74.9 Å². The molecule has 0 atom stereocenters. The molecular formula is C25H21NO2S3. The Morgan fingerprint density at radius 1 is 1.06 bits per heavy atom. The lowest BCUT2D eigenvalue weighted by atomic mass is 9.86. The van der Waals surface area contributed by atoms with Crippen molar-refractivity contribution in [2.75, 3.05) is 11.5 Å². The Balaban J connectivity index is 1.77. The second-order valence-corrected chi connectivity index (χ2v) is 10.8. The van der Waals surface area contributed by atoms with Crippen molar-refractivity contribution in [2.45, 2.75) is 26.3 Å². The van der Waals surface area contributed by atoms with Gasteiger partial charge in [0.05, 0.1) is 22.7 Å². The van der Waals surface area contributed by atoms with Crippen LogP contribution in [0, 0.1) is 3.82 Å². The lowest BCUT2D eigenvalue weighted by Crippen LogP contribution is -2.47. The Hall–Kier alpha value is -2.54. The number of amides is 1. The number of hydrogen-bond acceptors (Lipinski definition) is 5. The van der Waals surface area contributed by atoms with E-state index in [1.165, 1.54) is 0 Å². The molecule has 5 rings (SSSR count). The van der Waals surface area contributed by atoms with E-state index in [1.807, 2.05) is 72.5 Å². The van der Waals surface area contributed by atoms with E-state index in [4.69, 9.17) is 17.0 Å². The van der Waals surface area contributed by atoms with Crippen LogP contribution in [0.4, 0.5) is 5.69 Å². The molecule has 1 aliphatic heterocycles. The third kappa shape index (κ3) is 3.13. The number of ether oxygens (including phenoxy) is 1. The minimum atomic E-state index is -0.542. The monoisotopic (exact) mass is 463 g/mol. The molecule has 0 saturated heterocycles. The third-order valence-corrected chi connectivity index (χ3v) is 9.09. The number of nitrogens with zero attached hydrogens (tertiary/aromatic N) is 1. The van der Waals surface area contributed by atoms with Crippen molar-refractivity contribution >= 4 is 55.3 Å². The molecule has 4 aromatic rings. The zero-order chi connectivity index (χ0) is 21.8. The smallest absolute Gasteiger partial charge is 0.259 e. The highest BCUT2D eigenvalue weighted by atomic mass is 32.9. The zero-order valence-electron chi connectivity index (χ0n) is 17.5. The van der Waals surface area contributed by atoms with E-state index in [0.29, 0.717) is 12.2 Å². The van der Waals surface area contributed by atoms with Gasteiger partial charge in [0.1, 0.15) is 9.57 Å². The van der Waals surface area contributed by atoms with E-state index in [0.717, 1.165) is 42.0 Å². The van der Waals surface area contributed by atoms with Crippen LogP contribution in [0.25, 0.3) is 21.9 Å². The van der Waals surface area contributed by atoms with Crippen LogP contribution in [0.1, 0.15) is 36.0 Å². The molecule has 3 aromatic carbocycles. The minimum absolute atomic E-state index is 0.0216. The van der Waals surface area contributed by atoms with Crippen molar-refractivity contribution in [3.63, 3.8) is 0 Å². The van der Waals surface area contributed by atoms with Gasteiger partial charge in [-0.15, -0.1) is 0 Å². The maximum atomic E-state index is 14.1. The number of carbonyl (C=O) groups is 1. The topological polar surface area (TPSA) is 29.5 Å². The molecule has 156 valence electrons. The van der Waals surface area contributed by atoms with Gasteiger partial charge in [-0.25, -0.2) is 0 Å². The number of benzene rings is 3. The maximum absolute atomic E-state index is 14.1. The summed E-state index contributed by atoms with van der Waals surface area (Å²) >= 11 is 5.69. The zero-order valence-corrected chi connectivity index (χ0v) is 19.9. The van der Waals surface area contributed by atoms with Crippen LogP contribution >= 0.6 is 32.9 Å². The maximum Gasteiger partial charge on any atom is 0.259 e. The quantitative estimate of drug-likeness (QED) is 0.231. The van der Waals surface area contributed by atoms with Crippen LogP contribution in [0.5, 0.6) is 5.75 Å². The molecular weight excluding hydrogens is 442 g/mol. The number of anilines is 1. The molecule has 0 N–H and O–H groups in total. The van der Waals surface area contributed by atoms with Gasteiger partial charge >= 0.3 is 0 Å². The molecule has 0 spiro atoms. The number of carbonyl (C=O) groups excluding carboxylic acids is 1. The Morgan fingerprint density at radius 3 is 2.65 bits per heavy atom. The largest absolute Gasteiger partial charge is 0.494 e. The molecule has 0 radical (unpaired) electrons. The molecule has 0 bridgehead atoms. The van der Waals surface area contributed by atoms with Gasteiger partial charge in [0, 0.05) is 22.8 Å². The molecule has 0 unspecified atom stereocenters. The van der Waals surface area contributed by atoms with E-state index < -0.39 is 5.54 Å². The molecule has 2 heterocycles. The summed E-state index contributed by atoms with van der Waals surface area (Å²) in [5.74, 6) is 0.729. The summed E-state index contributed by atoms with van der Waals surface area (Å²) in [7, 11) is 3.27. The van der Waals surface area contributed by atoms with Crippen LogP contribution in [0.15, 0.2) is 60.7 Å². The fourth-order valence-electron chi connectivity index (χ4n) is 4.36. The number of hydrogen-bond donors (Lipinski definition) is 0. The van der Waals surface area contributed by atoms with Gasteiger partial charge in [-0.05, 0) is 49.7 Å². The van der Waals surface area contributed by atoms with E-state index in [2.05, 4.69) is 13.8 Å².